The van der Waals surface area contributed by atoms with Crippen LogP contribution >= 0.6 is 11.6 Å². The number of pyridine rings is 1. The van der Waals surface area contributed by atoms with Crippen LogP contribution in [0.5, 0.6) is 5.75 Å². The molecule has 1 aliphatic rings. The monoisotopic (exact) mass is 371 g/mol. The molecule has 1 fully saturated rings. The molecule has 1 atom stereocenters. The van der Waals surface area contributed by atoms with Gasteiger partial charge in [0.05, 0.1) is 29.1 Å². The largest absolute Gasteiger partial charge is 0.489 e. The van der Waals surface area contributed by atoms with Crippen molar-refractivity contribution in [1.82, 2.24) is 9.38 Å². The fraction of sp³-hybridized carbons (Fsp3) is 0.350. The summed E-state index contributed by atoms with van der Waals surface area (Å²) in [5, 5.41) is 4.11. The second kappa shape index (κ2) is 7.98. The van der Waals surface area contributed by atoms with Gasteiger partial charge in [-0.1, -0.05) is 23.7 Å². The Labute approximate surface area is 157 Å². The van der Waals surface area contributed by atoms with Crippen molar-refractivity contribution in [2.45, 2.75) is 31.9 Å². The second-order valence-corrected chi connectivity index (χ2v) is 6.93. The summed E-state index contributed by atoms with van der Waals surface area (Å²) in [5.74, 6) is 0.841. The SMILES string of the molecule is Clc1ccc2nc(CNc3ccccc3OC[C@H]3CCCCO3)cn2c1. The minimum Gasteiger partial charge on any atom is -0.489 e. The van der Waals surface area contributed by atoms with Crippen LogP contribution in [0.15, 0.2) is 48.8 Å². The van der Waals surface area contributed by atoms with E-state index in [1.807, 2.05) is 53.2 Å². The Kier molecular flexibility index (Phi) is 5.27. The molecule has 0 radical (unpaired) electrons. The number of benzene rings is 1. The summed E-state index contributed by atoms with van der Waals surface area (Å²) >= 11 is 6.03. The predicted molar refractivity (Wildman–Crippen MR) is 103 cm³/mol. The molecule has 1 N–H and O–H groups in total. The van der Waals surface area contributed by atoms with Crippen LogP contribution in [0.1, 0.15) is 25.0 Å². The number of ether oxygens (including phenoxy) is 2. The van der Waals surface area contributed by atoms with Crippen molar-refractivity contribution < 1.29 is 9.47 Å². The lowest BCUT2D eigenvalue weighted by molar-refractivity contribution is -0.0109. The lowest BCUT2D eigenvalue weighted by Gasteiger charge is -2.23. The van der Waals surface area contributed by atoms with Crippen LogP contribution in [0.2, 0.25) is 5.02 Å². The Hall–Kier alpha value is -2.24. The number of nitrogens with zero attached hydrogens (tertiary/aromatic N) is 2. The Balaban J connectivity index is 1.40. The molecule has 1 aliphatic heterocycles. The summed E-state index contributed by atoms with van der Waals surface area (Å²) in [6, 6.07) is 11.7. The van der Waals surface area contributed by atoms with Gasteiger partial charge >= 0.3 is 0 Å². The minimum absolute atomic E-state index is 0.194. The number of halogens is 1. The second-order valence-electron chi connectivity index (χ2n) is 6.49. The third-order valence-electron chi connectivity index (χ3n) is 4.51. The first-order valence-electron chi connectivity index (χ1n) is 8.98. The topological polar surface area (TPSA) is 47.8 Å². The van der Waals surface area contributed by atoms with Crippen molar-refractivity contribution in [1.29, 1.82) is 0 Å². The van der Waals surface area contributed by atoms with Crippen LogP contribution in [0, 0.1) is 0 Å². The standard InChI is InChI=1S/C20H22ClN3O2/c21-15-8-9-20-23-16(13-24(20)12-15)11-22-18-6-1-2-7-19(18)26-14-17-5-3-4-10-25-17/h1-2,6-9,12-13,17,22H,3-5,10-11,14H2/t17-/m1/s1. The number of fused-ring (bicyclic) bond motifs is 1. The average molecular weight is 372 g/mol. The Morgan fingerprint density at radius 1 is 1.19 bits per heavy atom. The summed E-state index contributed by atoms with van der Waals surface area (Å²) in [4.78, 5) is 4.60. The molecule has 26 heavy (non-hydrogen) atoms. The molecule has 0 saturated carbocycles. The third-order valence-corrected chi connectivity index (χ3v) is 4.73. The molecule has 0 bridgehead atoms. The van der Waals surface area contributed by atoms with Gasteiger partial charge < -0.3 is 19.2 Å². The first-order chi connectivity index (χ1) is 12.8. The van der Waals surface area contributed by atoms with E-state index in [4.69, 9.17) is 21.1 Å². The van der Waals surface area contributed by atoms with Crippen LogP contribution < -0.4 is 10.1 Å². The van der Waals surface area contributed by atoms with E-state index in [0.29, 0.717) is 18.2 Å². The number of rotatable bonds is 6. The highest BCUT2D eigenvalue weighted by molar-refractivity contribution is 6.30. The molecule has 3 heterocycles. The van der Waals surface area contributed by atoms with Gasteiger partial charge in [-0.15, -0.1) is 0 Å². The molecular weight excluding hydrogens is 350 g/mol. The highest BCUT2D eigenvalue weighted by atomic mass is 35.5. The van der Waals surface area contributed by atoms with E-state index in [9.17, 15) is 0 Å². The lowest BCUT2D eigenvalue weighted by Crippen LogP contribution is -2.26. The van der Waals surface area contributed by atoms with Crippen LogP contribution in [0.25, 0.3) is 5.65 Å². The van der Waals surface area contributed by atoms with E-state index in [2.05, 4.69) is 10.3 Å². The van der Waals surface area contributed by atoms with E-state index < -0.39 is 0 Å². The van der Waals surface area contributed by atoms with Gasteiger partial charge in [-0.2, -0.15) is 0 Å². The predicted octanol–water partition coefficient (Wildman–Crippen LogP) is 4.55. The molecule has 5 nitrogen and oxygen atoms in total. The number of para-hydroxylation sites is 2. The summed E-state index contributed by atoms with van der Waals surface area (Å²) in [7, 11) is 0. The molecule has 0 spiro atoms. The quantitative estimate of drug-likeness (QED) is 0.690. The summed E-state index contributed by atoms with van der Waals surface area (Å²) in [6.07, 6.45) is 7.46. The number of imidazole rings is 1. The molecule has 2 aromatic heterocycles. The maximum absolute atomic E-state index is 6.03. The van der Waals surface area contributed by atoms with E-state index in [-0.39, 0.29) is 6.10 Å². The van der Waals surface area contributed by atoms with Crippen molar-refractivity contribution in [3.63, 3.8) is 0 Å². The number of hydrogen-bond acceptors (Lipinski definition) is 4. The molecule has 6 heteroatoms. The Bertz CT molecular complexity index is 874. The highest BCUT2D eigenvalue weighted by Gasteiger charge is 2.15. The van der Waals surface area contributed by atoms with E-state index >= 15 is 0 Å². The molecule has 136 valence electrons. The first kappa shape index (κ1) is 17.2. The molecule has 3 aromatic rings. The number of hydrogen-bond donors (Lipinski definition) is 1. The normalized spacial score (nSPS) is 17.3. The summed E-state index contributed by atoms with van der Waals surface area (Å²) < 4.78 is 13.7. The van der Waals surface area contributed by atoms with Crippen molar-refractivity contribution in [2.24, 2.45) is 0 Å². The van der Waals surface area contributed by atoms with E-state index in [0.717, 1.165) is 42.2 Å². The highest BCUT2D eigenvalue weighted by Crippen LogP contribution is 2.25. The van der Waals surface area contributed by atoms with Gasteiger partial charge in [-0.05, 0) is 43.5 Å². The average Bonchev–Trinajstić information content (AvgIpc) is 3.08. The number of aromatic nitrogens is 2. The van der Waals surface area contributed by atoms with E-state index in [1.165, 1.54) is 6.42 Å². The zero-order chi connectivity index (χ0) is 17.8. The zero-order valence-corrected chi connectivity index (χ0v) is 15.3. The molecule has 0 aliphatic carbocycles. The van der Waals surface area contributed by atoms with Crippen LogP contribution in [0.4, 0.5) is 5.69 Å². The zero-order valence-electron chi connectivity index (χ0n) is 14.5. The van der Waals surface area contributed by atoms with Crippen molar-refractivity contribution in [3.05, 3.63) is 59.5 Å². The summed E-state index contributed by atoms with van der Waals surface area (Å²) in [6.45, 7) is 2.04. The fourth-order valence-corrected chi connectivity index (χ4v) is 3.32. The van der Waals surface area contributed by atoms with Gasteiger partial charge in [0.15, 0.2) is 0 Å². The van der Waals surface area contributed by atoms with Crippen molar-refractivity contribution in [2.75, 3.05) is 18.5 Å². The number of anilines is 1. The van der Waals surface area contributed by atoms with Crippen LogP contribution in [-0.2, 0) is 11.3 Å². The Morgan fingerprint density at radius 2 is 2.12 bits per heavy atom. The van der Waals surface area contributed by atoms with Gasteiger partial charge in [-0.25, -0.2) is 4.98 Å². The maximum Gasteiger partial charge on any atom is 0.142 e. The van der Waals surface area contributed by atoms with Gasteiger partial charge in [-0.3, -0.25) is 0 Å². The van der Waals surface area contributed by atoms with Gasteiger partial charge in [0.2, 0.25) is 0 Å². The lowest BCUT2D eigenvalue weighted by atomic mass is 10.1. The first-order valence-corrected chi connectivity index (χ1v) is 9.36. The molecule has 0 amide bonds. The fourth-order valence-electron chi connectivity index (χ4n) is 3.15. The molecule has 1 saturated heterocycles. The molecule has 0 unspecified atom stereocenters. The van der Waals surface area contributed by atoms with Gasteiger partial charge in [0.1, 0.15) is 18.0 Å². The number of nitrogens with one attached hydrogen (secondary N) is 1. The van der Waals surface area contributed by atoms with Gasteiger partial charge in [0.25, 0.3) is 0 Å². The maximum atomic E-state index is 6.03. The molecule has 1 aromatic carbocycles. The third kappa shape index (κ3) is 4.11. The molecular formula is C20H22ClN3O2. The molecule has 4 rings (SSSR count). The Morgan fingerprint density at radius 3 is 3.00 bits per heavy atom. The summed E-state index contributed by atoms with van der Waals surface area (Å²) in [5.41, 5.74) is 2.78. The smallest absolute Gasteiger partial charge is 0.142 e. The van der Waals surface area contributed by atoms with Crippen LogP contribution in [0.3, 0.4) is 0 Å². The van der Waals surface area contributed by atoms with E-state index in [1.54, 1.807) is 0 Å². The van der Waals surface area contributed by atoms with Crippen molar-refractivity contribution in [3.8, 4) is 5.75 Å². The van der Waals surface area contributed by atoms with Gasteiger partial charge in [0, 0.05) is 19.0 Å². The van der Waals surface area contributed by atoms with Crippen molar-refractivity contribution >= 4 is 22.9 Å². The minimum atomic E-state index is 0.194. The van der Waals surface area contributed by atoms with Crippen LogP contribution in [-0.4, -0.2) is 28.7 Å².